The van der Waals surface area contributed by atoms with Gasteiger partial charge in [-0.25, -0.2) is 9.78 Å². The van der Waals surface area contributed by atoms with Gasteiger partial charge < -0.3 is 14.9 Å². The van der Waals surface area contributed by atoms with Crippen LogP contribution in [0.4, 0.5) is 23.7 Å². The molecule has 10 heteroatoms. The summed E-state index contributed by atoms with van der Waals surface area (Å²) < 4.78 is 43.1. The van der Waals surface area contributed by atoms with Gasteiger partial charge in [0.25, 0.3) is 5.79 Å². The Balaban J connectivity index is 3.24. The van der Waals surface area contributed by atoms with Crippen molar-refractivity contribution < 1.29 is 32.9 Å². The van der Waals surface area contributed by atoms with Gasteiger partial charge in [-0.1, -0.05) is 11.6 Å². The van der Waals surface area contributed by atoms with Gasteiger partial charge >= 0.3 is 12.3 Å². The molecule has 1 aromatic heterocycles. The van der Waals surface area contributed by atoms with Gasteiger partial charge in [-0.05, 0) is 26.8 Å². The van der Waals surface area contributed by atoms with E-state index in [4.69, 9.17) is 16.3 Å². The Hall–Kier alpha value is -1.58. The van der Waals surface area contributed by atoms with Gasteiger partial charge in [-0.2, -0.15) is 13.2 Å². The molecule has 0 radical (unpaired) electrons. The summed E-state index contributed by atoms with van der Waals surface area (Å²) in [6.07, 6.45) is -5.70. The molecule has 0 aliphatic heterocycles. The molecule has 0 unspecified atom stereocenters. The lowest BCUT2D eigenvalue weighted by Crippen LogP contribution is -2.43. The fraction of sp³-hybridized carbons (Fsp3) is 0.500. The van der Waals surface area contributed by atoms with Crippen molar-refractivity contribution in [1.82, 2.24) is 4.98 Å². The van der Waals surface area contributed by atoms with Crippen LogP contribution in [-0.2, 0) is 10.5 Å². The molecular formula is C12H14ClF3N2O4. The van der Waals surface area contributed by atoms with Gasteiger partial charge in [0.1, 0.15) is 5.60 Å². The smallest absolute Gasteiger partial charge is 0.444 e. The summed E-state index contributed by atoms with van der Waals surface area (Å²) in [4.78, 5) is 15.1. The molecule has 0 aliphatic rings. The number of alkyl halides is 3. The summed E-state index contributed by atoms with van der Waals surface area (Å²) in [5, 5.41) is 20.0. The standard InChI is InChI=1S/C12H14ClF3N2O4/c1-10(2,3)22-9(19)18-7-6(4-5-17-8(7)13)11(20,21)12(14,15)16/h4-5,20-21H,1-3H3,(H,18,19). The van der Waals surface area contributed by atoms with Crippen molar-refractivity contribution in [3.8, 4) is 0 Å². The summed E-state index contributed by atoms with van der Waals surface area (Å²) in [5.74, 6) is -4.22. The maximum atomic E-state index is 12.7. The lowest BCUT2D eigenvalue weighted by atomic mass is 10.1. The minimum Gasteiger partial charge on any atom is -0.444 e. The van der Waals surface area contributed by atoms with Crippen LogP contribution in [0.25, 0.3) is 0 Å². The molecule has 124 valence electrons. The second kappa shape index (κ2) is 5.90. The van der Waals surface area contributed by atoms with Crippen molar-refractivity contribution in [2.45, 2.75) is 38.3 Å². The second-order valence-corrected chi connectivity index (χ2v) is 5.68. The van der Waals surface area contributed by atoms with Crippen molar-refractivity contribution in [2.75, 3.05) is 5.32 Å². The molecule has 0 atom stereocenters. The van der Waals surface area contributed by atoms with E-state index >= 15 is 0 Å². The van der Waals surface area contributed by atoms with Gasteiger partial charge in [-0.3, -0.25) is 5.32 Å². The number of hydrogen-bond acceptors (Lipinski definition) is 5. The molecule has 0 fully saturated rings. The number of nitrogens with one attached hydrogen (secondary N) is 1. The predicted octanol–water partition coefficient (Wildman–Crippen LogP) is 2.78. The summed E-state index contributed by atoms with van der Waals surface area (Å²) >= 11 is 5.63. The highest BCUT2D eigenvalue weighted by atomic mass is 35.5. The maximum Gasteiger partial charge on any atom is 0.447 e. The van der Waals surface area contributed by atoms with E-state index < -0.39 is 40.1 Å². The Kier molecular flexibility index (Phi) is 4.95. The Morgan fingerprint density at radius 3 is 2.32 bits per heavy atom. The lowest BCUT2D eigenvalue weighted by Gasteiger charge is -2.27. The summed E-state index contributed by atoms with van der Waals surface area (Å²) in [6, 6.07) is 0.673. The Morgan fingerprint density at radius 2 is 1.86 bits per heavy atom. The zero-order valence-electron chi connectivity index (χ0n) is 11.8. The van der Waals surface area contributed by atoms with E-state index in [1.165, 1.54) is 20.8 Å². The average molecular weight is 343 g/mol. The first-order chi connectivity index (χ1) is 9.75. The van der Waals surface area contributed by atoms with Gasteiger partial charge in [0.15, 0.2) is 5.15 Å². The molecule has 1 rings (SSSR count). The quantitative estimate of drug-likeness (QED) is 0.568. The topological polar surface area (TPSA) is 91.7 Å². The van der Waals surface area contributed by atoms with E-state index in [1.54, 1.807) is 0 Å². The number of carbonyl (C=O) groups excluding carboxylic acids is 1. The van der Waals surface area contributed by atoms with Crippen LogP contribution in [-0.4, -0.2) is 33.1 Å². The normalized spacial score (nSPS) is 13.0. The largest absolute Gasteiger partial charge is 0.447 e. The summed E-state index contributed by atoms with van der Waals surface area (Å²) in [7, 11) is 0. The summed E-state index contributed by atoms with van der Waals surface area (Å²) in [6.45, 7) is 4.61. The number of amides is 1. The molecule has 0 saturated heterocycles. The second-order valence-electron chi connectivity index (χ2n) is 5.32. The monoisotopic (exact) mass is 342 g/mol. The van der Waals surface area contributed by atoms with E-state index in [0.717, 1.165) is 6.20 Å². The zero-order chi connectivity index (χ0) is 17.3. The average Bonchev–Trinajstić information content (AvgIpc) is 2.27. The van der Waals surface area contributed by atoms with Crippen molar-refractivity contribution >= 4 is 23.4 Å². The molecule has 0 saturated carbocycles. The molecule has 0 bridgehead atoms. The minimum atomic E-state index is -5.41. The SMILES string of the molecule is CC(C)(C)OC(=O)Nc1c(C(O)(O)C(F)(F)F)ccnc1Cl. The molecule has 0 aliphatic carbocycles. The number of anilines is 1. The first kappa shape index (κ1) is 18.5. The molecule has 1 amide bonds. The van der Waals surface area contributed by atoms with E-state index in [0.29, 0.717) is 6.07 Å². The van der Waals surface area contributed by atoms with Crippen LogP contribution in [0.2, 0.25) is 5.15 Å². The Morgan fingerprint density at radius 1 is 1.32 bits per heavy atom. The third kappa shape index (κ3) is 4.21. The highest BCUT2D eigenvalue weighted by molar-refractivity contribution is 6.32. The van der Waals surface area contributed by atoms with E-state index in [2.05, 4.69) is 4.98 Å². The van der Waals surface area contributed by atoms with E-state index in [-0.39, 0.29) is 0 Å². The third-order valence-corrected chi connectivity index (χ3v) is 2.59. The van der Waals surface area contributed by atoms with Gasteiger partial charge in [0.05, 0.1) is 5.69 Å². The molecule has 0 spiro atoms. The highest BCUT2D eigenvalue weighted by Gasteiger charge is 2.55. The van der Waals surface area contributed by atoms with Gasteiger partial charge in [-0.15, -0.1) is 0 Å². The van der Waals surface area contributed by atoms with Gasteiger partial charge in [0, 0.05) is 11.8 Å². The molecular weight excluding hydrogens is 329 g/mol. The maximum absolute atomic E-state index is 12.7. The molecule has 3 N–H and O–H groups in total. The number of hydrogen-bond donors (Lipinski definition) is 3. The van der Waals surface area contributed by atoms with Crippen LogP contribution in [0.5, 0.6) is 0 Å². The van der Waals surface area contributed by atoms with Crippen LogP contribution < -0.4 is 5.32 Å². The number of aromatic nitrogens is 1. The number of pyridine rings is 1. The number of aliphatic hydroxyl groups is 2. The van der Waals surface area contributed by atoms with E-state index in [9.17, 15) is 28.2 Å². The van der Waals surface area contributed by atoms with Gasteiger partial charge in [0.2, 0.25) is 0 Å². The molecule has 1 aromatic rings. The third-order valence-electron chi connectivity index (χ3n) is 2.30. The number of ether oxygens (including phenoxy) is 1. The van der Waals surface area contributed by atoms with Crippen LogP contribution in [0.1, 0.15) is 26.3 Å². The fourth-order valence-corrected chi connectivity index (χ4v) is 1.61. The minimum absolute atomic E-state index is 0.555. The zero-order valence-corrected chi connectivity index (χ0v) is 12.6. The van der Waals surface area contributed by atoms with Crippen molar-refractivity contribution in [1.29, 1.82) is 0 Å². The Labute approximate surface area is 128 Å². The molecule has 6 nitrogen and oxygen atoms in total. The first-order valence-corrected chi connectivity index (χ1v) is 6.30. The fourth-order valence-electron chi connectivity index (χ4n) is 1.40. The molecule has 0 aromatic carbocycles. The summed E-state index contributed by atoms with van der Waals surface area (Å²) in [5.41, 5.74) is -2.70. The molecule has 22 heavy (non-hydrogen) atoms. The van der Waals surface area contributed by atoms with Crippen LogP contribution in [0.3, 0.4) is 0 Å². The number of rotatable bonds is 2. The highest BCUT2D eigenvalue weighted by Crippen LogP contribution is 2.41. The first-order valence-electron chi connectivity index (χ1n) is 5.92. The van der Waals surface area contributed by atoms with Crippen LogP contribution in [0, 0.1) is 0 Å². The lowest BCUT2D eigenvalue weighted by molar-refractivity contribution is -0.358. The van der Waals surface area contributed by atoms with Crippen LogP contribution in [0.15, 0.2) is 12.3 Å². The van der Waals surface area contributed by atoms with Crippen LogP contribution >= 0.6 is 11.6 Å². The number of carbonyl (C=O) groups is 1. The van der Waals surface area contributed by atoms with E-state index in [1.807, 2.05) is 5.32 Å². The van der Waals surface area contributed by atoms with Crippen molar-refractivity contribution in [2.24, 2.45) is 0 Å². The van der Waals surface area contributed by atoms with Crippen molar-refractivity contribution in [3.05, 3.63) is 23.0 Å². The number of nitrogens with zero attached hydrogens (tertiary/aromatic N) is 1. The predicted molar refractivity (Wildman–Crippen MR) is 71.3 cm³/mol. The number of halogens is 4. The Bertz CT molecular complexity index is 570. The van der Waals surface area contributed by atoms with Crippen molar-refractivity contribution in [3.63, 3.8) is 0 Å². The molecule has 1 heterocycles.